The first-order valence-corrected chi connectivity index (χ1v) is 8.38. The van der Waals surface area contributed by atoms with E-state index in [2.05, 4.69) is 9.97 Å². The summed E-state index contributed by atoms with van der Waals surface area (Å²) in [6.45, 7) is 0.973. The van der Waals surface area contributed by atoms with Gasteiger partial charge in [-0.3, -0.25) is 0 Å². The lowest BCUT2D eigenvalue weighted by atomic mass is 9.96. The molecule has 27 heavy (non-hydrogen) atoms. The highest BCUT2D eigenvalue weighted by molar-refractivity contribution is 6.00. The first-order chi connectivity index (χ1) is 12.8. The van der Waals surface area contributed by atoms with Crippen LogP contribution in [0.25, 0.3) is 22.2 Å². The van der Waals surface area contributed by atoms with Crippen LogP contribution in [0.15, 0.2) is 36.8 Å². The van der Waals surface area contributed by atoms with Crippen LogP contribution < -0.4 is 5.73 Å². The second kappa shape index (κ2) is 6.24. The maximum absolute atomic E-state index is 13.3. The van der Waals surface area contributed by atoms with Crippen LogP contribution in [0, 0.1) is 5.82 Å². The lowest BCUT2D eigenvalue weighted by Crippen LogP contribution is -2.44. The molecule has 1 saturated heterocycles. The Bertz CT molecular complexity index is 989. The summed E-state index contributed by atoms with van der Waals surface area (Å²) in [6.07, 6.45) is -0.314. The molecule has 0 amide bonds. The zero-order valence-corrected chi connectivity index (χ0v) is 14.5. The molecule has 5 N–H and O–H groups in total. The standard InChI is InChI=1S/C18H19FN4O4/c1-18(26)14(25)12(7-24)27-17(18)23-6-11(9-2-4-10(19)5-3-9)13-15(20)21-8-22-16(13)23/h2-6,8,12,14,17,24-26H,7H2,1H3,(H2,20,21,22)/t12?,14?,17?,18-/m1/s1. The van der Waals surface area contributed by atoms with Gasteiger partial charge in [-0.1, -0.05) is 12.1 Å². The van der Waals surface area contributed by atoms with Crippen molar-refractivity contribution in [3.63, 3.8) is 0 Å². The summed E-state index contributed by atoms with van der Waals surface area (Å²) in [5, 5.41) is 31.0. The minimum Gasteiger partial charge on any atom is -0.394 e. The summed E-state index contributed by atoms with van der Waals surface area (Å²) in [5.74, 6) is -0.155. The molecule has 0 bridgehead atoms. The van der Waals surface area contributed by atoms with Gasteiger partial charge in [-0.25, -0.2) is 14.4 Å². The third-order valence-electron chi connectivity index (χ3n) is 4.98. The smallest absolute Gasteiger partial charge is 0.167 e. The summed E-state index contributed by atoms with van der Waals surface area (Å²) < 4.78 is 20.6. The number of aliphatic hydroxyl groups is 3. The Morgan fingerprint density at radius 2 is 2.00 bits per heavy atom. The number of halogens is 1. The molecule has 1 aromatic carbocycles. The summed E-state index contributed by atoms with van der Waals surface area (Å²) >= 11 is 0. The number of nitrogens with two attached hydrogens (primary N) is 1. The molecule has 4 rings (SSSR count). The van der Waals surface area contributed by atoms with E-state index in [9.17, 15) is 19.7 Å². The van der Waals surface area contributed by atoms with Crippen LogP contribution in [0.2, 0.25) is 0 Å². The number of hydrogen-bond acceptors (Lipinski definition) is 7. The van der Waals surface area contributed by atoms with Crippen LogP contribution in [0.1, 0.15) is 13.2 Å². The first-order valence-electron chi connectivity index (χ1n) is 8.38. The first kappa shape index (κ1) is 17.8. The number of fused-ring (bicyclic) bond motifs is 1. The quantitative estimate of drug-likeness (QED) is 0.535. The van der Waals surface area contributed by atoms with Crippen molar-refractivity contribution in [3.05, 3.63) is 42.6 Å². The number of nitrogen functional groups attached to an aromatic ring is 1. The van der Waals surface area contributed by atoms with Crippen LogP contribution in [0.5, 0.6) is 0 Å². The number of aromatic nitrogens is 3. The van der Waals surface area contributed by atoms with Gasteiger partial charge in [-0.2, -0.15) is 0 Å². The molecule has 0 saturated carbocycles. The third-order valence-corrected chi connectivity index (χ3v) is 4.98. The zero-order valence-electron chi connectivity index (χ0n) is 14.5. The number of anilines is 1. The Morgan fingerprint density at radius 1 is 1.30 bits per heavy atom. The fourth-order valence-corrected chi connectivity index (χ4v) is 3.53. The number of ether oxygens (including phenoxy) is 1. The van der Waals surface area contributed by atoms with Gasteiger partial charge >= 0.3 is 0 Å². The predicted molar refractivity (Wildman–Crippen MR) is 95.0 cm³/mol. The normalized spacial score (nSPS) is 28.1. The van der Waals surface area contributed by atoms with E-state index in [0.717, 1.165) is 0 Å². The molecule has 1 fully saturated rings. The highest BCUT2D eigenvalue weighted by atomic mass is 19.1. The Hall–Kier alpha value is -2.59. The van der Waals surface area contributed by atoms with E-state index in [1.807, 2.05) is 0 Å². The molecule has 3 heterocycles. The second-order valence-corrected chi connectivity index (χ2v) is 6.79. The average molecular weight is 374 g/mol. The Labute approximate surface area is 153 Å². The monoisotopic (exact) mass is 374 g/mol. The van der Waals surface area contributed by atoms with Gasteiger partial charge in [0, 0.05) is 11.8 Å². The zero-order chi connectivity index (χ0) is 19.3. The molecule has 2 aromatic heterocycles. The molecule has 9 heteroatoms. The Kier molecular flexibility index (Phi) is 4.11. The van der Waals surface area contributed by atoms with Crippen LogP contribution in [-0.2, 0) is 4.74 Å². The number of aliphatic hydroxyl groups excluding tert-OH is 2. The number of rotatable bonds is 3. The number of hydrogen-bond donors (Lipinski definition) is 4. The van der Waals surface area contributed by atoms with Crippen LogP contribution in [0.4, 0.5) is 10.2 Å². The average Bonchev–Trinajstić information content (AvgIpc) is 3.13. The minimum atomic E-state index is -1.68. The fraction of sp³-hybridized carbons (Fsp3) is 0.333. The van der Waals surface area contributed by atoms with Crippen molar-refractivity contribution in [1.82, 2.24) is 14.5 Å². The van der Waals surface area contributed by atoms with Gasteiger partial charge in [0.25, 0.3) is 0 Å². The van der Waals surface area contributed by atoms with Crippen LogP contribution in [0.3, 0.4) is 0 Å². The minimum absolute atomic E-state index is 0.218. The van der Waals surface area contributed by atoms with Gasteiger partial charge in [-0.05, 0) is 24.6 Å². The summed E-state index contributed by atoms with van der Waals surface area (Å²) in [5.41, 5.74) is 6.07. The van der Waals surface area contributed by atoms with Gasteiger partial charge in [0.15, 0.2) is 6.23 Å². The molecule has 4 atom stereocenters. The fourth-order valence-electron chi connectivity index (χ4n) is 3.53. The molecular weight excluding hydrogens is 355 g/mol. The molecule has 142 valence electrons. The maximum Gasteiger partial charge on any atom is 0.167 e. The van der Waals surface area contributed by atoms with Gasteiger partial charge in [0.1, 0.15) is 41.4 Å². The predicted octanol–water partition coefficient (Wildman–Crippen LogP) is 0.821. The topological polar surface area (TPSA) is 127 Å². The molecule has 1 aliphatic heterocycles. The van der Waals surface area contributed by atoms with Gasteiger partial charge in [0.2, 0.25) is 0 Å². The van der Waals surface area contributed by atoms with E-state index in [1.54, 1.807) is 22.9 Å². The Morgan fingerprint density at radius 3 is 2.63 bits per heavy atom. The second-order valence-electron chi connectivity index (χ2n) is 6.79. The maximum atomic E-state index is 13.3. The SMILES string of the molecule is C[C@@]1(O)C(O)C(CO)OC1n1cc(-c2ccc(F)cc2)c2c(N)ncnc21. The van der Waals surface area contributed by atoms with E-state index in [1.165, 1.54) is 25.4 Å². The molecule has 0 radical (unpaired) electrons. The highest BCUT2D eigenvalue weighted by Crippen LogP contribution is 2.42. The van der Waals surface area contributed by atoms with Crippen molar-refractivity contribution in [2.45, 2.75) is 31.0 Å². The molecule has 3 unspecified atom stereocenters. The van der Waals surface area contributed by atoms with Crippen molar-refractivity contribution < 1.29 is 24.4 Å². The van der Waals surface area contributed by atoms with Gasteiger partial charge in [0.05, 0.1) is 12.0 Å². The van der Waals surface area contributed by atoms with E-state index >= 15 is 0 Å². The molecule has 0 aliphatic carbocycles. The third kappa shape index (κ3) is 2.67. The van der Waals surface area contributed by atoms with Crippen molar-refractivity contribution >= 4 is 16.9 Å². The number of nitrogens with zero attached hydrogens (tertiary/aromatic N) is 3. The van der Waals surface area contributed by atoms with Crippen LogP contribution in [-0.4, -0.2) is 54.3 Å². The summed E-state index contributed by atoms with van der Waals surface area (Å²) in [6, 6.07) is 5.85. The Balaban J connectivity index is 1.93. The molecule has 0 spiro atoms. The number of benzene rings is 1. The van der Waals surface area contributed by atoms with Gasteiger partial charge < -0.3 is 30.4 Å². The van der Waals surface area contributed by atoms with Crippen LogP contribution >= 0.6 is 0 Å². The molecule has 8 nitrogen and oxygen atoms in total. The lowest BCUT2D eigenvalue weighted by Gasteiger charge is -2.27. The molecule has 3 aromatic rings. The summed E-state index contributed by atoms with van der Waals surface area (Å²) in [7, 11) is 0. The van der Waals surface area contributed by atoms with Crippen molar-refractivity contribution in [3.8, 4) is 11.1 Å². The lowest BCUT2D eigenvalue weighted by molar-refractivity contribution is -0.0948. The van der Waals surface area contributed by atoms with E-state index in [0.29, 0.717) is 22.2 Å². The van der Waals surface area contributed by atoms with E-state index in [4.69, 9.17) is 10.5 Å². The van der Waals surface area contributed by atoms with E-state index < -0.39 is 30.6 Å². The van der Waals surface area contributed by atoms with E-state index in [-0.39, 0.29) is 11.6 Å². The van der Waals surface area contributed by atoms with Crippen molar-refractivity contribution in [1.29, 1.82) is 0 Å². The van der Waals surface area contributed by atoms with Crippen molar-refractivity contribution in [2.24, 2.45) is 0 Å². The molecule has 1 aliphatic rings. The van der Waals surface area contributed by atoms with Crippen molar-refractivity contribution in [2.75, 3.05) is 12.3 Å². The van der Waals surface area contributed by atoms with Gasteiger partial charge in [-0.15, -0.1) is 0 Å². The highest BCUT2D eigenvalue weighted by Gasteiger charge is 2.53. The largest absolute Gasteiger partial charge is 0.394 e. The summed E-state index contributed by atoms with van der Waals surface area (Å²) in [4.78, 5) is 8.27. The molecular formula is C18H19FN4O4.